The molecule has 0 aliphatic carbocycles. The van der Waals surface area contributed by atoms with Crippen LogP contribution in [0.15, 0.2) is 23.1 Å². The Morgan fingerprint density at radius 1 is 1.25 bits per heavy atom. The van der Waals surface area contributed by atoms with Gasteiger partial charge in [-0.15, -0.1) is 0 Å². The van der Waals surface area contributed by atoms with Crippen LogP contribution in [0.2, 0.25) is 0 Å². The summed E-state index contributed by atoms with van der Waals surface area (Å²) in [4.78, 5) is 11.7. The SMILES string of the molecule is Cc1cc(S(=O)(=O)Cl)ccc1C(=O)NCCS(C)(=O)=O. The first-order valence-electron chi connectivity index (χ1n) is 5.52. The van der Waals surface area contributed by atoms with Gasteiger partial charge in [0, 0.05) is 29.0 Å². The molecule has 0 radical (unpaired) electrons. The third-order valence-electron chi connectivity index (χ3n) is 2.48. The topological polar surface area (TPSA) is 97.4 Å². The number of aryl methyl sites for hydroxylation is 1. The first-order valence-corrected chi connectivity index (χ1v) is 9.89. The van der Waals surface area contributed by atoms with Crippen LogP contribution in [0.1, 0.15) is 15.9 Å². The average molecular weight is 340 g/mol. The predicted octanol–water partition coefficient (Wildman–Crippen LogP) is 0.697. The fourth-order valence-electron chi connectivity index (χ4n) is 1.49. The Kier molecular flexibility index (Phi) is 5.17. The highest BCUT2D eigenvalue weighted by atomic mass is 35.7. The highest BCUT2D eigenvalue weighted by molar-refractivity contribution is 8.13. The monoisotopic (exact) mass is 339 g/mol. The van der Waals surface area contributed by atoms with Crippen LogP contribution in [0.25, 0.3) is 0 Å². The van der Waals surface area contributed by atoms with Crippen LogP contribution in [0.5, 0.6) is 0 Å². The Morgan fingerprint density at radius 3 is 2.30 bits per heavy atom. The van der Waals surface area contributed by atoms with Gasteiger partial charge >= 0.3 is 0 Å². The number of halogens is 1. The summed E-state index contributed by atoms with van der Waals surface area (Å²) in [6.45, 7) is 1.56. The lowest BCUT2D eigenvalue weighted by molar-refractivity contribution is 0.0955. The maximum absolute atomic E-state index is 11.8. The van der Waals surface area contributed by atoms with Crippen molar-refractivity contribution in [2.75, 3.05) is 18.6 Å². The summed E-state index contributed by atoms with van der Waals surface area (Å²) in [7, 11) is -1.79. The molecule has 0 aliphatic rings. The van der Waals surface area contributed by atoms with Gasteiger partial charge in [-0.3, -0.25) is 4.79 Å². The maximum atomic E-state index is 11.8. The van der Waals surface area contributed by atoms with Gasteiger partial charge in [-0.1, -0.05) is 0 Å². The number of benzene rings is 1. The molecule has 112 valence electrons. The molecule has 1 amide bonds. The summed E-state index contributed by atoms with van der Waals surface area (Å²) < 4.78 is 44.2. The van der Waals surface area contributed by atoms with Gasteiger partial charge < -0.3 is 5.32 Å². The van der Waals surface area contributed by atoms with Crippen LogP contribution >= 0.6 is 10.7 Å². The van der Waals surface area contributed by atoms with Crippen molar-refractivity contribution < 1.29 is 21.6 Å². The Labute approximate surface area is 122 Å². The summed E-state index contributed by atoms with van der Waals surface area (Å²) in [6, 6.07) is 3.84. The normalized spacial score (nSPS) is 12.2. The molecule has 0 saturated carbocycles. The van der Waals surface area contributed by atoms with Crippen LogP contribution in [0.3, 0.4) is 0 Å². The number of carbonyl (C=O) groups is 1. The fourth-order valence-corrected chi connectivity index (χ4v) is 2.80. The molecule has 1 N–H and O–H groups in total. The summed E-state index contributed by atoms with van der Waals surface area (Å²) in [5.41, 5.74) is 0.700. The molecule has 0 fully saturated rings. The molecular weight excluding hydrogens is 326 g/mol. The van der Waals surface area contributed by atoms with Crippen molar-refractivity contribution in [1.82, 2.24) is 5.32 Å². The minimum Gasteiger partial charge on any atom is -0.351 e. The first kappa shape index (κ1) is 16.9. The zero-order chi connectivity index (χ0) is 15.6. The van der Waals surface area contributed by atoms with Crippen molar-refractivity contribution in [2.45, 2.75) is 11.8 Å². The molecule has 0 aromatic heterocycles. The van der Waals surface area contributed by atoms with Crippen molar-refractivity contribution in [1.29, 1.82) is 0 Å². The highest BCUT2D eigenvalue weighted by Gasteiger charge is 2.15. The minimum absolute atomic E-state index is 0.00728. The smallest absolute Gasteiger partial charge is 0.261 e. The summed E-state index contributed by atoms with van der Waals surface area (Å²) >= 11 is 0. The van der Waals surface area contributed by atoms with E-state index in [-0.39, 0.29) is 22.8 Å². The second-order valence-electron chi connectivity index (χ2n) is 4.30. The van der Waals surface area contributed by atoms with Gasteiger partial charge in [0.2, 0.25) is 0 Å². The number of hydrogen-bond acceptors (Lipinski definition) is 5. The van der Waals surface area contributed by atoms with Crippen LogP contribution < -0.4 is 5.32 Å². The number of hydrogen-bond donors (Lipinski definition) is 1. The zero-order valence-corrected chi connectivity index (χ0v) is 13.3. The molecule has 0 spiro atoms. The molecule has 0 aliphatic heterocycles. The van der Waals surface area contributed by atoms with Crippen molar-refractivity contribution in [3.8, 4) is 0 Å². The fraction of sp³-hybridized carbons (Fsp3) is 0.364. The van der Waals surface area contributed by atoms with Gasteiger partial charge in [-0.25, -0.2) is 16.8 Å². The zero-order valence-electron chi connectivity index (χ0n) is 10.9. The van der Waals surface area contributed by atoms with Crippen molar-refractivity contribution in [2.24, 2.45) is 0 Å². The number of nitrogens with one attached hydrogen (secondary N) is 1. The molecule has 0 bridgehead atoms. The second-order valence-corrected chi connectivity index (χ2v) is 9.13. The van der Waals surface area contributed by atoms with E-state index in [0.717, 1.165) is 6.26 Å². The largest absolute Gasteiger partial charge is 0.351 e. The van der Waals surface area contributed by atoms with E-state index in [2.05, 4.69) is 5.32 Å². The lowest BCUT2D eigenvalue weighted by Crippen LogP contribution is -2.29. The van der Waals surface area contributed by atoms with E-state index in [4.69, 9.17) is 10.7 Å². The predicted molar refractivity (Wildman–Crippen MR) is 76.3 cm³/mol. The Bertz CT molecular complexity index is 725. The van der Waals surface area contributed by atoms with Crippen molar-refractivity contribution in [3.05, 3.63) is 29.3 Å². The summed E-state index contributed by atoms with van der Waals surface area (Å²) in [5.74, 6) is -0.629. The van der Waals surface area contributed by atoms with Gasteiger partial charge in [0.1, 0.15) is 9.84 Å². The second kappa shape index (κ2) is 6.11. The van der Waals surface area contributed by atoms with E-state index < -0.39 is 24.8 Å². The Balaban J connectivity index is 2.85. The van der Waals surface area contributed by atoms with Crippen molar-refractivity contribution in [3.63, 3.8) is 0 Å². The molecule has 9 heteroatoms. The quantitative estimate of drug-likeness (QED) is 0.796. The van der Waals surface area contributed by atoms with E-state index in [1.54, 1.807) is 6.92 Å². The average Bonchev–Trinajstić information content (AvgIpc) is 2.25. The van der Waals surface area contributed by atoms with Crippen LogP contribution in [0, 0.1) is 6.92 Å². The lowest BCUT2D eigenvalue weighted by Gasteiger charge is -2.08. The molecule has 0 saturated heterocycles. The summed E-state index contributed by atoms with van der Waals surface area (Å²) in [6.07, 6.45) is 1.07. The molecule has 0 atom stereocenters. The van der Waals surface area contributed by atoms with Crippen molar-refractivity contribution >= 4 is 35.5 Å². The van der Waals surface area contributed by atoms with E-state index in [9.17, 15) is 21.6 Å². The van der Waals surface area contributed by atoms with Gasteiger partial charge in [-0.2, -0.15) is 0 Å². The van der Waals surface area contributed by atoms with Gasteiger partial charge in [-0.05, 0) is 30.7 Å². The van der Waals surface area contributed by atoms with E-state index >= 15 is 0 Å². The third-order valence-corrected chi connectivity index (χ3v) is 4.78. The molecule has 1 aromatic carbocycles. The molecule has 0 heterocycles. The third kappa shape index (κ3) is 5.10. The maximum Gasteiger partial charge on any atom is 0.261 e. The highest BCUT2D eigenvalue weighted by Crippen LogP contribution is 2.18. The number of carbonyl (C=O) groups excluding carboxylic acids is 1. The van der Waals surface area contributed by atoms with Gasteiger partial charge in [0.15, 0.2) is 0 Å². The molecule has 6 nitrogen and oxygen atoms in total. The van der Waals surface area contributed by atoms with E-state index in [1.165, 1.54) is 18.2 Å². The molecule has 1 aromatic rings. The minimum atomic E-state index is -3.84. The first-order chi connectivity index (χ1) is 9.00. The van der Waals surface area contributed by atoms with Gasteiger partial charge in [0.25, 0.3) is 15.0 Å². The Hall–Kier alpha value is -1.12. The molecule has 20 heavy (non-hydrogen) atoms. The molecule has 0 unspecified atom stereocenters. The van der Waals surface area contributed by atoms with Crippen LogP contribution in [0.4, 0.5) is 0 Å². The Morgan fingerprint density at radius 2 is 1.85 bits per heavy atom. The number of sulfone groups is 1. The van der Waals surface area contributed by atoms with Gasteiger partial charge in [0.05, 0.1) is 10.6 Å². The molecule has 1 rings (SSSR count). The number of amides is 1. The summed E-state index contributed by atoms with van der Waals surface area (Å²) in [5, 5.41) is 2.45. The van der Waals surface area contributed by atoms with Crippen LogP contribution in [-0.2, 0) is 18.9 Å². The lowest BCUT2D eigenvalue weighted by atomic mass is 10.1. The number of rotatable bonds is 5. The van der Waals surface area contributed by atoms with E-state index in [1.807, 2.05) is 0 Å². The van der Waals surface area contributed by atoms with Crippen LogP contribution in [-0.4, -0.2) is 41.3 Å². The standard InChI is InChI=1S/C11H14ClNO5S2/c1-8-7-9(20(12,17)18)3-4-10(8)11(14)13-5-6-19(2,15)16/h3-4,7H,5-6H2,1-2H3,(H,13,14). The van der Waals surface area contributed by atoms with E-state index in [0.29, 0.717) is 5.56 Å². The molecular formula is C11H14ClNO5S2.